The van der Waals surface area contributed by atoms with E-state index in [1.807, 2.05) is 4.90 Å². The summed E-state index contributed by atoms with van der Waals surface area (Å²) in [5, 5.41) is 5.71. The third-order valence-corrected chi connectivity index (χ3v) is 4.83. The molecule has 1 aromatic carbocycles. The summed E-state index contributed by atoms with van der Waals surface area (Å²) < 4.78 is 10.6. The molecule has 0 saturated carbocycles. The molecule has 4 rings (SSSR count). The van der Waals surface area contributed by atoms with Gasteiger partial charge in [-0.25, -0.2) is 4.98 Å². The maximum absolute atomic E-state index is 12.6. The number of likely N-dealkylation sites (N-methyl/N-ethyl adjacent to an activating group) is 1. The highest BCUT2D eigenvalue weighted by Crippen LogP contribution is 2.32. The van der Waals surface area contributed by atoms with E-state index in [1.54, 1.807) is 37.6 Å². The Hall–Kier alpha value is -3.07. The number of imidazole rings is 1. The SMILES string of the molecule is CNC(=O)[C@@H]1C[C@@H](NC(=O)c2ccc3c(c2)OCO3)CN1Cc1ncc[nH]1. The first-order valence-electron chi connectivity index (χ1n) is 8.78. The van der Waals surface area contributed by atoms with Gasteiger partial charge in [0.15, 0.2) is 11.5 Å². The van der Waals surface area contributed by atoms with Crippen molar-refractivity contribution in [3.8, 4) is 11.5 Å². The van der Waals surface area contributed by atoms with Crippen molar-refractivity contribution < 1.29 is 19.1 Å². The number of nitrogens with one attached hydrogen (secondary N) is 3. The monoisotopic (exact) mass is 371 g/mol. The number of carbonyl (C=O) groups is 2. The molecule has 0 unspecified atom stereocenters. The van der Waals surface area contributed by atoms with Crippen LogP contribution in [0.5, 0.6) is 11.5 Å². The molecule has 27 heavy (non-hydrogen) atoms. The quantitative estimate of drug-likeness (QED) is 0.696. The molecule has 3 N–H and O–H groups in total. The minimum atomic E-state index is -0.317. The summed E-state index contributed by atoms with van der Waals surface area (Å²) in [5.74, 6) is 1.72. The number of nitrogens with zero attached hydrogens (tertiary/aromatic N) is 2. The summed E-state index contributed by atoms with van der Waals surface area (Å²) in [6.07, 6.45) is 3.97. The normalized spacial score (nSPS) is 21.2. The highest BCUT2D eigenvalue weighted by molar-refractivity contribution is 5.95. The van der Waals surface area contributed by atoms with Gasteiger partial charge in [-0.15, -0.1) is 0 Å². The number of hydrogen-bond donors (Lipinski definition) is 3. The van der Waals surface area contributed by atoms with E-state index in [0.29, 0.717) is 36.6 Å². The van der Waals surface area contributed by atoms with Crippen LogP contribution in [0.25, 0.3) is 0 Å². The molecule has 1 fully saturated rings. The summed E-state index contributed by atoms with van der Waals surface area (Å²) in [5.41, 5.74) is 0.500. The second-order valence-electron chi connectivity index (χ2n) is 6.57. The average Bonchev–Trinajstić information content (AvgIpc) is 3.41. The largest absolute Gasteiger partial charge is 0.454 e. The minimum absolute atomic E-state index is 0.0682. The summed E-state index contributed by atoms with van der Waals surface area (Å²) in [6, 6.07) is 4.64. The van der Waals surface area contributed by atoms with Crippen LogP contribution >= 0.6 is 0 Å². The van der Waals surface area contributed by atoms with Crippen molar-refractivity contribution in [2.75, 3.05) is 20.4 Å². The first-order valence-corrected chi connectivity index (χ1v) is 8.78. The van der Waals surface area contributed by atoms with Crippen molar-refractivity contribution in [1.82, 2.24) is 25.5 Å². The maximum Gasteiger partial charge on any atom is 0.251 e. The first-order chi connectivity index (χ1) is 13.1. The fraction of sp³-hybridized carbons (Fsp3) is 0.389. The van der Waals surface area contributed by atoms with Gasteiger partial charge in [0.1, 0.15) is 5.82 Å². The number of carbonyl (C=O) groups excluding carboxylic acids is 2. The zero-order chi connectivity index (χ0) is 18.8. The van der Waals surface area contributed by atoms with Gasteiger partial charge in [0, 0.05) is 37.6 Å². The van der Waals surface area contributed by atoms with Crippen molar-refractivity contribution in [1.29, 1.82) is 0 Å². The number of aromatic nitrogens is 2. The van der Waals surface area contributed by atoms with Crippen molar-refractivity contribution in [3.63, 3.8) is 0 Å². The Labute approximate surface area is 156 Å². The van der Waals surface area contributed by atoms with E-state index >= 15 is 0 Å². The van der Waals surface area contributed by atoms with Gasteiger partial charge in [-0.3, -0.25) is 14.5 Å². The molecule has 1 aromatic heterocycles. The summed E-state index contributed by atoms with van der Waals surface area (Å²) in [4.78, 5) is 34.2. The number of likely N-dealkylation sites (tertiary alicyclic amines) is 1. The lowest BCUT2D eigenvalue weighted by Crippen LogP contribution is -2.41. The summed E-state index contributed by atoms with van der Waals surface area (Å²) in [6.45, 7) is 1.25. The number of fused-ring (bicyclic) bond motifs is 1. The highest BCUT2D eigenvalue weighted by atomic mass is 16.7. The fourth-order valence-electron chi connectivity index (χ4n) is 3.51. The Balaban J connectivity index is 1.44. The molecule has 0 spiro atoms. The van der Waals surface area contributed by atoms with E-state index in [2.05, 4.69) is 20.6 Å². The Bertz CT molecular complexity index is 838. The minimum Gasteiger partial charge on any atom is -0.454 e. The van der Waals surface area contributed by atoms with Crippen molar-refractivity contribution >= 4 is 11.8 Å². The van der Waals surface area contributed by atoms with Gasteiger partial charge < -0.3 is 25.1 Å². The Morgan fingerprint density at radius 1 is 1.33 bits per heavy atom. The van der Waals surface area contributed by atoms with E-state index in [4.69, 9.17) is 9.47 Å². The van der Waals surface area contributed by atoms with Crippen LogP contribution in [-0.2, 0) is 11.3 Å². The predicted molar refractivity (Wildman–Crippen MR) is 95.3 cm³/mol. The zero-order valence-corrected chi connectivity index (χ0v) is 14.9. The van der Waals surface area contributed by atoms with Crippen LogP contribution < -0.4 is 20.1 Å². The van der Waals surface area contributed by atoms with Crippen LogP contribution in [0, 0.1) is 0 Å². The van der Waals surface area contributed by atoms with E-state index in [0.717, 1.165) is 5.82 Å². The van der Waals surface area contributed by atoms with Gasteiger partial charge in [-0.1, -0.05) is 0 Å². The lowest BCUT2D eigenvalue weighted by atomic mass is 10.1. The van der Waals surface area contributed by atoms with E-state index in [1.165, 1.54) is 0 Å². The summed E-state index contributed by atoms with van der Waals surface area (Å²) in [7, 11) is 1.62. The molecule has 9 heteroatoms. The van der Waals surface area contributed by atoms with Crippen LogP contribution in [0.4, 0.5) is 0 Å². The zero-order valence-electron chi connectivity index (χ0n) is 14.9. The molecule has 9 nitrogen and oxygen atoms in total. The number of ether oxygens (including phenoxy) is 2. The highest BCUT2D eigenvalue weighted by Gasteiger charge is 2.37. The van der Waals surface area contributed by atoms with Gasteiger partial charge in [-0.05, 0) is 24.6 Å². The van der Waals surface area contributed by atoms with Gasteiger partial charge in [0.25, 0.3) is 5.91 Å². The number of amides is 2. The molecular weight excluding hydrogens is 350 g/mol. The number of rotatable bonds is 5. The standard InChI is InChI=1S/C18H21N5O4/c1-19-18(25)13-7-12(8-23(13)9-16-20-4-5-21-16)22-17(24)11-2-3-14-15(6-11)27-10-26-14/h2-6,12-13H,7-10H2,1H3,(H,19,25)(H,20,21)(H,22,24)/t12-,13+/m1/s1. The Morgan fingerprint density at radius 2 is 2.19 bits per heavy atom. The molecule has 0 bridgehead atoms. The van der Waals surface area contributed by atoms with Gasteiger partial charge in [-0.2, -0.15) is 0 Å². The number of benzene rings is 1. The van der Waals surface area contributed by atoms with Crippen molar-refractivity contribution in [2.24, 2.45) is 0 Å². The second-order valence-corrected chi connectivity index (χ2v) is 6.57. The smallest absolute Gasteiger partial charge is 0.251 e. The van der Waals surface area contributed by atoms with Crippen LogP contribution in [0.15, 0.2) is 30.6 Å². The van der Waals surface area contributed by atoms with E-state index < -0.39 is 0 Å². The van der Waals surface area contributed by atoms with Crippen LogP contribution in [-0.4, -0.2) is 59.2 Å². The third-order valence-electron chi connectivity index (χ3n) is 4.83. The fourth-order valence-corrected chi connectivity index (χ4v) is 3.51. The van der Waals surface area contributed by atoms with Gasteiger partial charge in [0.05, 0.1) is 12.6 Å². The van der Waals surface area contributed by atoms with Gasteiger partial charge >= 0.3 is 0 Å². The third kappa shape index (κ3) is 3.59. The molecule has 2 aliphatic heterocycles. The number of H-pyrrole nitrogens is 1. The van der Waals surface area contributed by atoms with Crippen molar-refractivity contribution in [3.05, 3.63) is 42.0 Å². The second kappa shape index (κ2) is 7.28. The summed E-state index contributed by atoms with van der Waals surface area (Å²) >= 11 is 0. The van der Waals surface area contributed by atoms with Gasteiger partial charge in [0.2, 0.25) is 12.7 Å². The lowest BCUT2D eigenvalue weighted by molar-refractivity contribution is -0.125. The molecular formula is C18H21N5O4. The topological polar surface area (TPSA) is 109 Å². The molecule has 0 radical (unpaired) electrons. The van der Waals surface area contributed by atoms with Crippen LogP contribution in [0.1, 0.15) is 22.6 Å². The predicted octanol–water partition coefficient (Wildman–Crippen LogP) is 0.257. The molecule has 142 valence electrons. The van der Waals surface area contributed by atoms with E-state index in [-0.39, 0.29) is 30.7 Å². The average molecular weight is 371 g/mol. The van der Waals surface area contributed by atoms with Crippen LogP contribution in [0.3, 0.4) is 0 Å². The maximum atomic E-state index is 12.6. The number of hydrogen-bond acceptors (Lipinski definition) is 6. The molecule has 2 aromatic rings. The first kappa shape index (κ1) is 17.3. The molecule has 2 amide bonds. The Morgan fingerprint density at radius 3 is 2.96 bits per heavy atom. The molecule has 2 atom stereocenters. The lowest BCUT2D eigenvalue weighted by Gasteiger charge is -2.21. The van der Waals surface area contributed by atoms with Crippen LogP contribution in [0.2, 0.25) is 0 Å². The molecule has 0 aliphatic carbocycles. The molecule has 1 saturated heterocycles. The molecule has 3 heterocycles. The number of aromatic amines is 1. The Kier molecular flexibility index (Phi) is 4.68. The van der Waals surface area contributed by atoms with E-state index in [9.17, 15) is 9.59 Å². The van der Waals surface area contributed by atoms with Crippen molar-refractivity contribution in [2.45, 2.75) is 25.0 Å². The molecule has 2 aliphatic rings.